The summed E-state index contributed by atoms with van der Waals surface area (Å²) in [6.45, 7) is 3.39. The van der Waals surface area contributed by atoms with E-state index in [1.807, 2.05) is 0 Å². The van der Waals surface area contributed by atoms with Crippen molar-refractivity contribution in [2.75, 3.05) is 43.8 Å². The Kier molecular flexibility index (Phi) is 5.33. The van der Waals surface area contributed by atoms with E-state index < -0.39 is 10.0 Å². The molecule has 1 aromatic carbocycles. The Morgan fingerprint density at radius 1 is 1.24 bits per heavy atom. The van der Waals surface area contributed by atoms with Crippen molar-refractivity contribution < 1.29 is 17.9 Å². The standard InChI is InChI=1S/C14H20N2O4S/c1-21(18,19)15-13-4-2-12(3-5-13)10-14(17)11-16-6-8-20-9-7-16/h2-5,15H,6-11H2,1H3. The fourth-order valence-corrected chi connectivity index (χ4v) is 2.76. The summed E-state index contributed by atoms with van der Waals surface area (Å²) in [6.07, 6.45) is 1.46. The van der Waals surface area contributed by atoms with Gasteiger partial charge in [0.2, 0.25) is 10.0 Å². The van der Waals surface area contributed by atoms with Gasteiger partial charge in [-0.1, -0.05) is 12.1 Å². The molecule has 116 valence electrons. The van der Waals surface area contributed by atoms with E-state index in [1.165, 1.54) is 0 Å². The highest BCUT2D eigenvalue weighted by molar-refractivity contribution is 7.92. The molecule has 0 bridgehead atoms. The maximum atomic E-state index is 12.0. The van der Waals surface area contributed by atoms with Crippen molar-refractivity contribution in [1.29, 1.82) is 0 Å². The summed E-state index contributed by atoms with van der Waals surface area (Å²) in [6, 6.07) is 6.87. The largest absolute Gasteiger partial charge is 0.379 e. The summed E-state index contributed by atoms with van der Waals surface area (Å²) in [5, 5.41) is 0. The smallest absolute Gasteiger partial charge is 0.229 e. The molecule has 0 spiro atoms. The lowest BCUT2D eigenvalue weighted by molar-refractivity contribution is -0.120. The minimum absolute atomic E-state index is 0.153. The van der Waals surface area contributed by atoms with Crippen LogP contribution in [0.3, 0.4) is 0 Å². The van der Waals surface area contributed by atoms with Gasteiger partial charge in [-0.3, -0.25) is 14.4 Å². The van der Waals surface area contributed by atoms with Gasteiger partial charge in [-0.2, -0.15) is 0 Å². The minimum Gasteiger partial charge on any atom is -0.379 e. The number of hydrogen-bond donors (Lipinski definition) is 1. The third-order valence-electron chi connectivity index (χ3n) is 3.16. The van der Waals surface area contributed by atoms with Crippen LogP contribution in [0.5, 0.6) is 0 Å². The molecule has 1 aliphatic rings. The van der Waals surface area contributed by atoms with E-state index in [4.69, 9.17) is 4.74 Å². The van der Waals surface area contributed by atoms with Crippen LogP contribution in [0.15, 0.2) is 24.3 Å². The van der Waals surface area contributed by atoms with Crippen LogP contribution in [0.1, 0.15) is 5.56 Å². The number of sulfonamides is 1. The first kappa shape index (κ1) is 15.9. The van der Waals surface area contributed by atoms with Crippen molar-refractivity contribution in [3.05, 3.63) is 29.8 Å². The van der Waals surface area contributed by atoms with Gasteiger partial charge in [0.25, 0.3) is 0 Å². The lowest BCUT2D eigenvalue weighted by Crippen LogP contribution is -2.39. The highest BCUT2D eigenvalue weighted by Gasteiger charge is 2.14. The molecule has 0 aliphatic carbocycles. The first-order valence-electron chi connectivity index (χ1n) is 6.81. The average Bonchev–Trinajstić information content (AvgIpc) is 2.40. The van der Waals surface area contributed by atoms with Crippen LogP contribution in [0, 0.1) is 0 Å². The average molecular weight is 312 g/mol. The first-order valence-corrected chi connectivity index (χ1v) is 8.70. The molecule has 6 nitrogen and oxygen atoms in total. The number of anilines is 1. The second-order valence-corrected chi connectivity index (χ2v) is 6.92. The number of carbonyl (C=O) groups is 1. The predicted molar refractivity (Wildman–Crippen MR) is 80.9 cm³/mol. The highest BCUT2D eigenvalue weighted by Crippen LogP contribution is 2.12. The molecular formula is C14H20N2O4S. The van der Waals surface area contributed by atoms with Gasteiger partial charge >= 0.3 is 0 Å². The fourth-order valence-electron chi connectivity index (χ4n) is 2.20. The van der Waals surface area contributed by atoms with E-state index in [0.29, 0.717) is 31.9 Å². The number of nitrogens with zero attached hydrogens (tertiary/aromatic N) is 1. The zero-order valence-electron chi connectivity index (χ0n) is 12.0. The molecule has 0 saturated carbocycles. The van der Waals surface area contributed by atoms with Gasteiger partial charge in [0.1, 0.15) is 0 Å². The second-order valence-electron chi connectivity index (χ2n) is 5.18. The van der Waals surface area contributed by atoms with Crippen LogP contribution in [-0.2, 0) is 26.0 Å². The normalized spacial score (nSPS) is 16.6. The molecule has 0 radical (unpaired) electrons. The number of Topliss-reactive ketones (excluding diaryl/α,β-unsaturated/α-hetero) is 1. The Morgan fingerprint density at radius 2 is 1.86 bits per heavy atom. The molecule has 1 aliphatic heterocycles. The van der Waals surface area contributed by atoms with E-state index in [2.05, 4.69) is 9.62 Å². The molecule has 7 heteroatoms. The molecule has 1 N–H and O–H groups in total. The van der Waals surface area contributed by atoms with E-state index in [0.717, 1.165) is 24.9 Å². The lowest BCUT2D eigenvalue weighted by Gasteiger charge is -2.25. The summed E-state index contributed by atoms with van der Waals surface area (Å²) < 4.78 is 29.8. The van der Waals surface area contributed by atoms with E-state index in [-0.39, 0.29) is 5.78 Å². The fraction of sp³-hybridized carbons (Fsp3) is 0.500. The summed E-state index contributed by atoms with van der Waals surface area (Å²) in [7, 11) is -3.27. The zero-order chi connectivity index (χ0) is 15.3. The quantitative estimate of drug-likeness (QED) is 0.828. The van der Waals surface area contributed by atoms with Gasteiger partial charge in [0.05, 0.1) is 26.0 Å². The van der Waals surface area contributed by atoms with E-state index in [1.54, 1.807) is 24.3 Å². The van der Waals surface area contributed by atoms with Crippen LogP contribution in [-0.4, -0.2) is 58.2 Å². The Bertz CT molecular complexity index is 577. The molecule has 0 amide bonds. The number of carbonyl (C=O) groups excluding carboxylic acids is 1. The van der Waals surface area contributed by atoms with Crippen molar-refractivity contribution in [2.24, 2.45) is 0 Å². The van der Waals surface area contributed by atoms with Gasteiger partial charge in [-0.25, -0.2) is 8.42 Å². The van der Waals surface area contributed by atoms with Crippen LogP contribution in [0.25, 0.3) is 0 Å². The van der Waals surface area contributed by atoms with E-state index in [9.17, 15) is 13.2 Å². The number of ether oxygens (including phenoxy) is 1. The number of benzene rings is 1. The third-order valence-corrected chi connectivity index (χ3v) is 3.77. The topological polar surface area (TPSA) is 75.7 Å². The zero-order valence-corrected chi connectivity index (χ0v) is 12.9. The Balaban J connectivity index is 1.86. The number of hydrogen-bond acceptors (Lipinski definition) is 5. The van der Waals surface area contributed by atoms with Gasteiger partial charge < -0.3 is 4.74 Å². The molecule has 1 fully saturated rings. The van der Waals surface area contributed by atoms with Crippen molar-refractivity contribution >= 4 is 21.5 Å². The molecule has 0 atom stereocenters. The molecule has 1 aromatic rings. The molecule has 2 rings (SSSR count). The molecule has 1 saturated heterocycles. The summed E-state index contributed by atoms with van der Waals surface area (Å²) in [4.78, 5) is 14.1. The molecule has 1 heterocycles. The van der Waals surface area contributed by atoms with Gasteiger partial charge in [-0.15, -0.1) is 0 Å². The van der Waals surface area contributed by atoms with Crippen molar-refractivity contribution in [2.45, 2.75) is 6.42 Å². The van der Waals surface area contributed by atoms with Crippen molar-refractivity contribution in [3.8, 4) is 0 Å². The lowest BCUT2D eigenvalue weighted by atomic mass is 10.1. The van der Waals surface area contributed by atoms with Crippen molar-refractivity contribution in [3.63, 3.8) is 0 Å². The summed E-state index contributed by atoms with van der Waals surface area (Å²) in [5.74, 6) is 0.153. The highest BCUT2D eigenvalue weighted by atomic mass is 32.2. The Labute approximate surface area is 125 Å². The summed E-state index contributed by atoms with van der Waals surface area (Å²) >= 11 is 0. The molecule has 21 heavy (non-hydrogen) atoms. The number of ketones is 1. The Morgan fingerprint density at radius 3 is 2.43 bits per heavy atom. The SMILES string of the molecule is CS(=O)(=O)Nc1ccc(CC(=O)CN2CCOCC2)cc1. The maximum Gasteiger partial charge on any atom is 0.229 e. The predicted octanol–water partition coefficient (Wildman–Crippen LogP) is 0.502. The molecule has 0 unspecified atom stereocenters. The first-order chi connectivity index (χ1) is 9.92. The van der Waals surface area contributed by atoms with Crippen molar-refractivity contribution in [1.82, 2.24) is 4.90 Å². The monoisotopic (exact) mass is 312 g/mol. The number of morpholine rings is 1. The minimum atomic E-state index is -3.27. The molecule has 0 aromatic heterocycles. The summed E-state index contributed by atoms with van der Waals surface area (Å²) in [5.41, 5.74) is 1.38. The Hall–Kier alpha value is -1.44. The second kappa shape index (κ2) is 7.02. The number of nitrogens with one attached hydrogen (secondary N) is 1. The van der Waals surface area contributed by atoms with Crippen LogP contribution in [0.4, 0.5) is 5.69 Å². The van der Waals surface area contributed by atoms with Gasteiger partial charge in [-0.05, 0) is 17.7 Å². The van der Waals surface area contributed by atoms with E-state index >= 15 is 0 Å². The molecular weight excluding hydrogens is 292 g/mol. The van der Waals surface area contributed by atoms with Crippen LogP contribution < -0.4 is 4.72 Å². The number of rotatable bonds is 6. The maximum absolute atomic E-state index is 12.0. The third kappa shape index (κ3) is 5.82. The van der Waals surface area contributed by atoms with Crippen LogP contribution in [0.2, 0.25) is 0 Å². The van der Waals surface area contributed by atoms with Gasteiger partial charge in [0, 0.05) is 25.2 Å². The van der Waals surface area contributed by atoms with Gasteiger partial charge in [0.15, 0.2) is 5.78 Å². The van der Waals surface area contributed by atoms with Crippen LogP contribution >= 0.6 is 0 Å².